The van der Waals surface area contributed by atoms with Crippen LogP contribution in [0.15, 0.2) is 71.6 Å². The number of fused-ring (bicyclic) bond motifs is 1. The van der Waals surface area contributed by atoms with Crippen molar-refractivity contribution in [2.24, 2.45) is 14.4 Å². The van der Waals surface area contributed by atoms with Gasteiger partial charge in [0.1, 0.15) is 0 Å². The first-order chi connectivity index (χ1) is 12.1. The Morgan fingerprint density at radius 1 is 1.12 bits per heavy atom. The Labute approximate surface area is 156 Å². The second-order valence-corrected chi connectivity index (χ2v) is 8.55. The summed E-state index contributed by atoms with van der Waals surface area (Å²) in [6.07, 6.45) is 3.13. The third-order valence-electron chi connectivity index (χ3n) is 4.64. The predicted molar refractivity (Wildman–Crippen MR) is 96.9 cm³/mol. The molecule has 2 radical (unpaired) electrons. The summed E-state index contributed by atoms with van der Waals surface area (Å²) in [5, 5.41) is 17.8. The number of hydrogen-bond donors (Lipinski definition) is 1. The van der Waals surface area contributed by atoms with Gasteiger partial charge in [0.25, 0.3) is 0 Å². The van der Waals surface area contributed by atoms with E-state index >= 15 is 0 Å². The third kappa shape index (κ3) is 2.81. The molecule has 0 bridgehead atoms. The standard InChI is InChI=1S/C19H17N3O2.Sn/c1-12(2)19(23,13(3)22-20)17-7-6-14-8-16(5-4-15(14)9-17)18-10-21-11-24-18;/h3-12,23H,1-2H3;/q-1;+1. The second-order valence-electron chi connectivity index (χ2n) is 6.42. The van der Waals surface area contributed by atoms with Gasteiger partial charge in [-0.25, -0.2) is 0 Å². The first-order valence-electron chi connectivity index (χ1n) is 8.11. The van der Waals surface area contributed by atoms with E-state index in [1.54, 1.807) is 6.20 Å². The molecule has 0 amide bonds. The van der Waals surface area contributed by atoms with E-state index < -0.39 is 27.0 Å². The fraction of sp³-hybridized carbons (Fsp3) is 0.211. The van der Waals surface area contributed by atoms with Crippen LogP contribution in [-0.2, 0) is 5.60 Å². The van der Waals surface area contributed by atoms with Crippen LogP contribution in [0, 0.1) is 5.92 Å². The molecule has 6 heteroatoms. The average molecular weight is 438 g/mol. The van der Waals surface area contributed by atoms with E-state index in [1.807, 2.05) is 44.2 Å². The first kappa shape index (κ1) is 16.5. The van der Waals surface area contributed by atoms with E-state index in [0.29, 0.717) is 5.70 Å². The van der Waals surface area contributed by atoms with Crippen LogP contribution >= 0.6 is 0 Å². The molecule has 0 fully saturated rings. The minimum absolute atomic E-state index is 0.00101. The average Bonchev–Trinajstić information content (AvgIpc) is 3.33. The van der Waals surface area contributed by atoms with Crippen LogP contribution in [-0.4, -0.2) is 31.5 Å². The molecule has 0 aliphatic carbocycles. The van der Waals surface area contributed by atoms with E-state index in [0.717, 1.165) is 27.7 Å². The molecule has 124 valence electrons. The molecule has 1 aliphatic rings. The molecular weight excluding hydrogens is 421 g/mol. The molecule has 2 aromatic carbocycles. The third-order valence-corrected chi connectivity index (χ3v) is 6.40. The van der Waals surface area contributed by atoms with E-state index in [1.165, 1.54) is 6.39 Å². The van der Waals surface area contributed by atoms with Crippen molar-refractivity contribution in [3.8, 4) is 11.3 Å². The zero-order valence-corrected chi connectivity index (χ0v) is 16.8. The fourth-order valence-corrected chi connectivity index (χ4v) is 4.94. The Morgan fingerprint density at radius 2 is 1.92 bits per heavy atom. The van der Waals surface area contributed by atoms with Gasteiger partial charge < -0.3 is 0 Å². The van der Waals surface area contributed by atoms with Crippen LogP contribution in [0.1, 0.15) is 19.4 Å². The van der Waals surface area contributed by atoms with Crippen LogP contribution in [0.3, 0.4) is 0 Å². The number of rotatable bonds is 4. The summed E-state index contributed by atoms with van der Waals surface area (Å²) < 4.78 is 11.6. The molecule has 5 nitrogen and oxygen atoms in total. The number of aromatic nitrogens is 1. The summed E-state index contributed by atoms with van der Waals surface area (Å²) in [4.78, 5) is 3.97. The minimum atomic E-state index is -1.10. The molecule has 3 aromatic rings. The Bertz CT molecular complexity index is 980. The van der Waals surface area contributed by atoms with Gasteiger partial charge in [0.05, 0.1) is 0 Å². The van der Waals surface area contributed by atoms with Crippen LogP contribution in [0.5, 0.6) is 0 Å². The summed E-state index contributed by atoms with van der Waals surface area (Å²) in [6.45, 7) is 4.02. The molecule has 4 rings (SSSR count). The Balaban J connectivity index is 1.80. The summed E-state index contributed by atoms with van der Waals surface area (Å²) in [7, 11) is 0. The SMILES string of the molecule is CC(C)C(O)(C1=[CH][Sn][N]=N1)c1ccc2cc(-c3cnco3)ccc2c1. The van der Waals surface area contributed by atoms with Crippen molar-refractivity contribution in [3.63, 3.8) is 0 Å². The van der Waals surface area contributed by atoms with Crippen molar-refractivity contribution >= 4 is 32.2 Å². The topological polar surface area (TPSA) is 71.0 Å². The number of benzene rings is 2. The molecular formula is C19H17N3O2Sn. The quantitative estimate of drug-likeness (QED) is 0.619. The predicted octanol–water partition coefficient (Wildman–Crippen LogP) is 4.26. The second kappa shape index (κ2) is 6.38. The molecule has 1 aliphatic heterocycles. The Kier molecular flexibility index (Phi) is 4.21. The molecule has 0 spiro atoms. The molecule has 0 saturated carbocycles. The Morgan fingerprint density at radius 3 is 2.60 bits per heavy atom. The zero-order chi connectivity index (χ0) is 17.4. The van der Waals surface area contributed by atoms with E-state index in [2.05, 4.69) is 23.6 Å². The van der Waals surface area contributed by atoms with Crippen molar-refractivity contribution in [2.75, 3.05) is 0 Å². The van der Waals surface area contributed by atoms with E-state index in [9.17, 15) is 5.11 Å². The summed E-state index contributed by atoms with van der Waals surface area (Å²) in [5.74, 6) is 0.744. The van der Waals surface area contributed by atoms with Gasteiger partial charge in [-0.1, -0.05) is 0 Å². The molecule has 1 atom stereocenters. The van der Waals surface area contributed by atoms with Crippen LogP contribution in [0.4, 0.5) is 0 Å². The van der Waals surface area contributed by atoms with E-state index in [4.69, 9.17) is 4.42 Å². The van der Waals surface area contributed by atoms with Gasteiger partial charge in [-0.3, -0.25) is 0 Å². The van der Waals surface area contributed by atoms with Gasteiger partial charge in [0.15, 0.2) is 0 Å². The van der Waals surface area contributed by atoms with Gasteiger partial charge in [-0.15, -0.1) is 0 Å². The van der Waals surface area contributed by atoms with Crippen LogP contribution in [0.2, 0.25) is 0 Å². The molecule has 25 heavy (non-hydrogen) atoms. The number of nitrogens with zero attached hydrogens (tertiary/aromatic N) is 3. The maximum atomic E-state index is 11.4. The Hall–Kier alpha value is -1.99. The van der Waals surface area contributed by atoms with Crippen LogP contribution in [0.25, 0.3) is 22.1 Å². The zero-order valence-electron chi connectivity index (χ0n) is 14.0. The number of hydrogen-bond acceptors (Lipinski definition) is 5. The van der Waals surface area contributed by atoms with Gasteiger partial charge in [-0.2, -0.15) is 0 Å². The normalized spacial score (nSPS) is 16.4. The summed E-state index contributed by atoms with van der Waals surface area (Å²) in [6, 6.07) is 12.2. The van der Waals surface area contributed by atoms with Gasteiger partial charge >= 0.3 is 156 Å². The van der Waals surface area contributed by atoms with Crippen molar-refractivity contribution < 1.29 is 9.52 Å². The molecule has 1 unspecified atom stereocenters. The van der Waals surface area contributed by atoms with Crippen molar-refractivity contribution in [3.05, 3.63) is 64.3 Å². The van der Waals surface area contributed by atoms with Gasteiger partial charge in [0, 0.05) is 0 Å². The molecule has 1 N–H and O–H groups in total. The monoisotopic (exact) mass is 439 g/mol. The molecule has 2 heterocycles. The molecule has 1 aromatic heterocycles. The molecule has 0 saturated heterocycles. The fourth-order valence-electron chi connectivity index (χ4n) is 3.16. The van der Waals surface area contributed by atoms with Gasteiger partial charge in [0.2, 0.25) is 0 Å². The number of oxazole rings is 1. The first-order valence-corrected chi connectivity index (χ1v) is 11.0. The maximum absolute atomic E-state index is 11.4. The summed E-state index contributed by atoms with van der Waals surface area (Å²) >= 11 is -0.940. The number of aliphatic hydroxyl groups is 1. The van der Waals surface area contributed by atoms with Gasteiger partial charge in [-0.05, 0) is 0 Å². The summed E-state index contributed by atoms with van der Waals surface area (Å²) in [5.41, 5.74) is 1.44. The van der Waals surface area contributed by atoms with Crippen molar-refractivity contribution in [2.45, 2.75) is 19.4 Å². The van der Waals surface area contributed by atoms with Crippen molar-refractivity contribution in [1.82, 2.24) is 4.98 Å². The van der Waals surface area contributed by atoms with Crippen LogP contribution < -0.4 is 0 Å². The van der Waals surface area contributed by atoms with Crippen molar-refractivity contribution in [1.29, 1.82) is 0 Å². The van der Waals surface area contributed by atoms with E-state index in [-0.39, 0.29) is 5.92 Å².